The molecule has 0 saturated heterocycles. The number of benzene rings is 1. The molecule has 3 N–H and O–H groups in total. The highest BCUT2D eigenvalue weighted by molar-refractivity contribution is 7.17. The van der Waals surface area contributed by atoms with Crippen LogP contribution in [0.15, 0.2) is 48.1 Å². The SMILES string of the molecule is Nc1ncc2scc(C(=O)Nc3ccc4ncccc4c3)c2n1. The number of hydrogen-bond acceptors (Lipinski definition) is 6. The van der Waals surface area contributed by atoms with Gasteiger partial charge in [-0.2, -0.15) is 0 Å². The summed E-state index contributed by atoms with van der Waals surface area (Å²) in [5, 5.41) is 5.61. The average Bonchev–Trinajstić information content (AvgIpc) is 2.98. The molecule has 23 heavy (non-hydrogen) atoms. The summed E-state index contributed by atoms with van der Waals surface area (Å²) in [6.07, 6.45) is 3.36. The van der Waals surface area contributed by atoms with Crippen LogP contribution in [0, 0.1) is 0 Å². The zero-order chi connectivity index (χ0) is 15.8. The molecule has 4 rings (SSSR count). The second-order valence-corrected chi connectivity index (χ2v) is 5.87. The van der Waals surface area contributed by atoms with E-state index in [1.54, 1.807) is 17.8 Å². The third kappa shape index (κ3) is 2.47. The summed E-state index contributed by atoms with van der Waals surface area (Å²) in [5.74, 6) is -0.0701. The van der Waals surface area contributed by atoms with Gasteiger partial charge in [0, 0.05) is 22.7 Å². The first-order valence-electron chi connectivity index (χ1n) is 6.86. The van der Waals surface area contributed by atoms with E-state index in [0.717, 1.165) is 15.6 Å². The third-order valence-corrected chi connectivity index (χ3v) is 4.34. The first kappa shape index (κ1) is 13.6. The largest absolute Gasteiger partial charge is 0.368 e. The Morgan fingerprint density at radius 1 is 1.22 bits per heavy atom. The van der Waals surface area contributed by atoms with Crippen molar-refractivity contribution in [1.82, 2.24) is 15.0 Å². The van der Waals surface area contributed by atoms with Gasteiger partial charge in [-0.05, 0) is 24.3 Å². The highest BCUT2D eigenvalue weighted by atomic mass is 32.1. The number of aromatic nitrogens is 3. The van der Waals surface area contributed by atoms with Crippen molar-refractivity contribution in [3.63, 3.8) is 0 Å². The fourth-order valence-corrected chi connectivity index (χ4v) is 3.20. The number of amides is 1. The Labute approximate surface area is 135 Å². The molecule has 0 aliphatic heterocycles. The lowest BCUT2D eigenvalue weighted by Crippen LogP contribution is -2.11. The van der Waals surface area contributed by atoms with Gasteiger partial charge in [0.2, 0.25) is 5.95 Å². The van der Waals surface area contributed by atoms with Crippen molar-refractivity contribution >= 4 is 50.0 Å². The van der Waals surface area contributed by atoms with Crippen LogP contribution in [0.25, 0.3) is 21.1 Å². The molecule has 0 atom stereocenters. The van der Waals surface area contributed by atoms with Crippen LogP contribution in [0.2, 0.25) is 0 Å². The molecule has 6 nitrogen and oxygen atoms in total. The molecule has 0 spiro atoms. The highest BCUT2D eigenvalue weighted by Crippen LogP contribution is 2.25. The molecule has 0 radical (unpaired) electrons. The van der Waals surface area contributed by atoms with Gasteiger partial charge in [0.1, 0.15) is 0 Å². The van der Waals surface area contributed by atoms with Gasteiger partial charge in [0.25, 0.3) is 5.91 Å². The molecule has 7 heteroatoms. The van der Waals surface area contributed by atoms with Crippen molar-refractivity contribution in [2.24, 2.45) is 0 Å². The van der Waals surface area contributed by atoms with E-state index in [-0.39, 0.29) is 11.9 Å². The molecule has 0 bridgehead atoms. The van der Waals surface area contributed by atoms with E-state index in [0.29, 0.717) is 16.8 Å². The summed E-state index contributed by atoms with van der Waals surface area (Å²) < 4.78 is 0.826. The maximum atomic E-state index is 12.5. The van der Waals surface area contributed by atoms with Gasteiger partial charge in [-0.3, -0.25) is 9.78 Å². The first-order valence-corrected chi connectivity index (χ1v) is 7.74. The minimum Gasteiger partial charge on any atom is -0.368 e. The van der Waals surface area contributed by atoms with Crippen LogP contribution in [-0.2, 0) is 0 Å². The van der Waals surface area contributed by atoms with Gasteiger partial charge in [0.05, 0.1) is 27.5 Å². The Bertz CT molecular complexity index is 1040. The number of carbonyl (C=O) groups is 1. The van der Waals surface area contributed by atoms with E-state index in [9.17, 15) is 4.79 Å². The quantitative estimate of drug-likeness (QED) is 0.592. The minimum atomic E-state index is -0.224. The number of thiophene rings is 1. The standard InChI is InChI=1S/C16H11N5OS/c17-16-19-7-13-14(21-16)11(8-23-13)15(22)20-10-3-4-12-9(6-10)2-1-5-18-12/h1-8H,(H,20,22)(H2,17,19,21). The Morgan fingerprint density at radius 2 is 2.13 bits per heavy atom. The Morgan fingerprint density at radius 3 is 3.04 bits per heavy atom. The van der Waals surface area contributed by atoms with Gasteiger partial charge in [-0.1, -0.05) is 6.07 Å². The van der Waals surface area contributed by atoms with Crippen molar-refractivity contribution in [2.75, 3.05) is 11.1 Å². The molecule has 4 aromatic rings. The number of nitrogen functional groups attached to an aromatic ring is 1. The summed E-state index contributed by atoms with van der Waals surface area (Å²) in [6, 6.07) is 9.39. The molecule has 0 aliphatic rings. The zero-order valence-corrected chi connectivity index (χ0v) is 12.7. The van der Waals surface area contributed by atoms with Crippen LogP contribution < -0.4 is 11.1 Å². The van der Waals surface area contributed by atoms with Crippen molar-refractivity contribution in [3.8, 4) is 0 Å². The fourth-order valence-electron chi connectivity index (χ4n) is 2.35. The van der Waals surface area contributed by atoms with Gasteiger partial charge >= 0.3 is 0 Å². The van der Waals surface area contributed by atoms with E-state index in [1.165, 1.54) is 11.3 Å². The lowest BCUT2D eigenvalue weighted by atomic mass is 10.2. The van der Waals surface area contributed by atoms with E-state index in [4.69, 9.17) is 5.73 Å². The number of nitrogens with zero attached hydrogens (tertiary/aromatic N) is 3. The molecule has 3 aromatic heterocycles. The summed E-state index contributed by atoms with van der Waals surface area (Å²) in [5.41, 5.74) is 8.26. The van der Waals surface area contributed by atoms with Crippen LogP contribution in [0.4, 0.5) is 11.6 Å². The van der Waals surface area contributed by atoms with Crippen molar-refractivity contribution < 1.29 is 4.79 Å². The maximum Gasteiger partial charge on any atom is 0.258 e. The molecule has 3 heterocycles. The first-order chi connectivity index (χ1) is 11.2. The molecule has 0 saturated carbocycles. The van der Waals surface area contributed by atoms with E-state index >= 15 is 0 Å². The molecular weight excluding hydrogens is 310 g/mol. The Kier molecular flexibility index (Phi) is 3.13. The van der Waals surface area contributed by atoms with E-state index < -0.39 is 0 Å². The number of rotatable bonds is 2. The summed E-state index contributed by atoms with van der Waals surface area (Å²) in [7, 11) is 0. The van der Waals surface area contributed by atoms with Gasteiger partial charge in [0.15, 0.2) is 0 Å². The number of hydrogen-bond donors (Lipinski definition) is 2. The summed E-state index contributed by atoms with van der Waals surface area (Å²) in [6.45, 7) is 0. The molecule has 1 amide bonds. The van der Waals surface area contributed by atoms with Crippen molar-refractivity contribution in [1.29, 1.82) is 0 Å². The topological polar surface area (TPSA) is 93.8 Å². The number of nitrogens with one attached hydrogen (secondary N) is 1. The molecule has 0 aliphatic carbocycles. The summed E-state index contributed by atoms with van der Waals surface area (Å²) >= 11 is 1.41. The molecular formula is C16H11N5OS. The van der Waals surface area contributed by atoms with E-state index in [1.807, 2.05) is 30.3 Å². The number of anilines is 2. The molecule has 1 aromatic carbocycles. The number of carbonyl (C=O) groups excluding carboxylic acids is 1. The number of nitrogens with two attached hydrogens (primary N) is 1. The van der Waals surface area contributed by atoms with Crippen molar-refractivity contribution in [3.05, 3.63) is 53.7 Å². The van der Waals surface area contributed by atoms with Gasteiger partial charge in [-0.15, -0.1) is 11.3 Å². The zero-order valence-electron chi connectivity index (χ0n) is 11.9. The Hall–Kier alpha value is -3.06. The second kappa shape index (κ2) is 5.29. The van der Waals surface area contributed by atoms with Crippen molar-refractivity contribution in [2.45, 2.75) is 0 Å². The number of fused-ring (bicyclic) bond motifs is 2. The predicted octanol–water partition coefficient (Wildman–Crippen LogP) is 3.07. The predicted molar refractivity (Wildman–Crippen MR) is 91.5 cm³/mol. The fraction of sp³-hybridized carbons (Fsp3) is 0. The Balaban J connectivity index is 1.69. The lowest BCUT2D eigenvalue weighted by molar-refractivity contribution is 0.102. The van der Waals surface area contributed by atoms with Gasteiger partial charge in [-0.25, -0.2) is 9.97 Å². The molecule has 0 unspecified atom stereocenters. The van der Waals surface area contributed by atoms with Crippen LogP contribution in [0.5, 0.6) is 0 Å². The number of pyridine rings is 1. The van der Waals surface area contributed by atoms with Crippen LogP contribution in [0.3, 0.4) is 0 Å². The minimum absolute atomic E-state index is 0.154. The van der Waals surface area contributed by atoms with E-state index in [2.05, 4.69) is 20.3 Å². The van der Waals surface area contributed by atoms with Crippen LogP contribution >= 0.6 is 11.3 Å². The van der Waals surface area contributed by atoms with Gasteiger partial charge < -0.3 is 11.1 Å². The average molecular weight is 321 g/mol. The third-order valence-electron chi connectivity index (χ3n) is 3.44. The second-order valence-electron chi connectivity index (χ2n) is 4.96. The summed E-state index contributed by atoms with van der Waals surface area (Å²) in [4.78, 5) is 24.9. The normalized spacial score (nSPS) is 11.0. The molecule has 112 valence electrons. The smallest absolute Gasteiger partial charge is 0.258 e. The molecule has 0 fully saturated rings. The lowest BCUT2D eigenvalue weighted by Gasteiger charge is -2.05. The van der Waals surface area contributed by atoms with Crippen LogP contribution in [0.1, 0.15) is 10.4 Å². The van der Waals surface area contributed by atoms with Crippen LogP contribution in [-0.4, -0.2) is 20.9 Å². The monoisotopic (exact) mass is 321 g/mol. The maximum absolute atomic E-state index is 12.5. The highest BCUT2D eigenvalue weighted by Gasteiger charge is 2.14.